The Hall–Kier alpha value is -4.13. The maximum Gasteiger partial charge on any atom is 0.323 e. The molecule has 0 aliphatic carbocycles. The number of ether oxygens (including phenoxy) is 1. The summed E-state index contributed by atoms with van der Waals surface area (Å²) >= 11 is 0. The number of rotatable bonds is 5. The van der Waals surface area contributed by atoms with Gasteiger partial charge in [-0.05, 0) is 67.8 Å². The molecule has 2 heterocycles. The van der Waals surface area contributed by atoms with Crippen LogP contribution in [-0.2, 0) is 6.61 Å². The van der Waals surface area contributed by atoms with Gasteiger partial charge in [0.25, 0.3) is 5.56 Å². The summed E-state index contributed by atoms with van der Waals surface area (Å²) in [4.78, 5) is 29.2. The molecule has 4 rings (SSSR count). The highest BCUT2D eigenvalue weighted by Gasteiger charge is 2.08. The predicted molar refractivity (Wildman–Crippen MR) is 126 cm³/mol. The van der Waals surface area contributed by atoms with E-state index in [1.165, 1.54) is 10.5 Å². The van der Waals surface area contributed by atoms with Crippen LogP contribution >= 0.6 is 0 Å². The summed E-state index contributed by atoms with van der Waals surface area (Å²) in [6.07, 6.45) is 1.71. The van der Waals surface area contributed by atoms with Gasteiger partial charge >= 0.3 is 6.03 Å². The predicted octanol–water partition coefficient (Wildman–Crippen LogP) is 4.84. The molecule has 2 aromatic carbocycles. The molecule has 32 heavy (non-hydrogen) atoms. The van der Waals surface area contributed by atoms with Crippen LogP contribution < -0.4 is 20.9 Å². The molecule has 7 nitrogen and oxygen atoms in total. The molecule has 4 aromatic rings. The Morgan fingerprint density at radius 2 is 1.78 bits per heavy atom. The standard InChI is InChI=1S/C25H24N4O3/c1-16-7-8-18(3)22(11-16)28-25(31)27-19-5-4-6-21(13-19)32-15-20-14-24(30)29-10-9-17(2)12-23(29)26-20/h4-14H,15H2,1-3H3,(H2,27,28,31). The van der Waals surface area contributed by atoms with E-state index in [0.717, 1.165) is 22.4 Å². The van der Waals surface area contributed by atoms with Gasteiger partial charge in [0.15, 0.2) is 0 Å². The van der Waals surface area contributed by atoms with Crippen molar-refractivity contribution < 1.29 is 9.53 Å². The molecule has 2 amide bonds. The van der Waals surface area contributed by atoms with Gasteiger partial charge in [0.2, 0.25) is 0 Å². The van der Waals surface area contributed by atoms with E-state index >= 15 is 0 Å². The number of hydrogen-bond donors (Lipinski definition) is 2. The molecular formula is C25H24N4O3. The number of fused-ring (bicyclic) bond motifs is 1. The zero-order valence-corrected chi connectivity index (χ0v) is 18.2. The van der Waals surface area contributed by atoms with Crippen LogP contribution in [0.15, 0.2) is 71.7 Å². The second kappa shape index (κ2) is 8.93. The van der Waals surface area contributed by atoms with Gasteiger partial charge in [-0.2, -0.15) is 0 Å². The molecule has 0 saturated carbocycles. The number of amides is 2. The Morgan fingerprint density at radius 3 is 2.62 bits per heavy atom. The van der Waals surface area contributed by atoms with E-state index < -0.39 is 0 Å². The third-order valence-electron chi connectivity index (χ3n) is 5.00. The number of aromatic nitrogens is 2. The Balaban J connectivity index is 1.43. The number of benzene rings is 2. The van der Waals surface area contributed by atoms with Crippen molar-refractivity contribution in [1.82, 2.24) is 9.38 Å². The largest absolute Gasteiger partial charge is 0.487 e. The van der Waals surface area contributed by atoms with Crippen LogP contribution in [0.3, 0.4) is 0 Å². The highest BCUT2D eigenvalue weighted by atomic mass is 16.5. The van der Waals surface area contributed by atoms with Crippen molar-refractivity contribution in [2.75, 3.05) is 10.6 Å². The summed E-state index contributed by atoms with van der Waals surface area (Å²) in [5, 5.41) is 5.68. The average molecular weight is 428 g/mol. The molecule has 0 fully saturated rings. The van der Waals surface area contributed by atoms with Crippen LogP contribution in [0.2, 0.25) is 0 Å². The quantitative estimate of drug-likeness (QED) is 0.476. The summed E-state index contributed by atoms with van der Waals surface area (Å²) in [7, 11) is 0. The van der Waals surface area contributed by atoms with E-state index in [9.17, 15) is 9.59 Å². The van der Waals surface area contributed by atoms with Crippen LogP contribution in [0.1, 0.15) is 22.4 Å². The van der Waals surface area contributed by atoms with Gasteiger partial charge < -0.3 is 15.4 Å². The van der Waals surface area contributed by atoms with E-state index in [2.05, 4.69) is 15.6 Å². The van der Waals surface area contributed by atoms with E-state index in [4.69, 9.17) is 4.74 Å². The smallest absolute Gasteiger partial charge is 0.323 e. The lowest BCUT2D eigenvalue weighted by molar-refractivity contribution is 0.262. The number of nitrogens with one attached hydrogen (secondary N) is 2. The maximum absolute atomic E-state index is 12.4. The third-order valence-corrected chi connectivity index (χ3v) is 5.00. The highest BCUT2D eigenvalue weighted by molar-refractivity contribution is 6.00. The van der Waals surface area contributed by atoms with Crippen molar-refractivity contribution in [3.05, 3.63) is 99.6 Å². The van der Waals surface area contributed by atoms with Crippen molar-refractivity contribution >= 4 is 23.1 Å². The first-order valence-corrected chi connectivity index (χ1v) is 10.2. The van der Waals surface area contributed by atoms with Crippen LogP contribution in [0.4, 0.5) is 16.2 Å². The van der Waals surface area contributed by atoms with Gasteiger partial charge in [-0.1, -0.05) is 18.2 Å². The Kier molecular flexibility index (Phi) is 5.89. The first-order valence-electron chi connectivity index (χ1n) is 10.2. The summed E-state index contributed by atoms with van der Waals surface area (Å²) < 4.78 is 7.31. The molecule has 0 aliphatic rings. The van der Waals surface area contributed by atoms with E-state index in [-0.39, 0.29) is 18.2 Å². The summed E-state index contributed by atoms with van der Waals surface area (Å²) in [6, 6.07) is 17.8. The number of urea groups is 1. The zero-order chi connectivity index (χ0) is 22.7. The third kappa shape index (κ3) is 4.95. The van der Waals surface area contributed by atoms with Crippen LogP contribution in [0.5, 0.6) is 5.75 Å². The van der Waals surface area contributed by atoms with Crippen molar-refractivity contribution in [3.8, 4) is 5.75 Å². The molecule has 0 unspecified atom stereocenters. The summed E-state index contributed by atoms with van der Waals surface area (Å²) in [6.45, 7) is 6.00. The van der Waals surface area contributed by atoms with E-state index in [1.807, 2.05) is 51.1 Å². The Bertz CT molecular complexity index is 1360. The molecule has 2 aromatic heterocycles. The van der Waals surface area contributed by atoms with Gasteiger partial charge in [0.05, 0.1) is 5.69 Å². The number of carbonyl (C=O) groups excluding carboxylic acids is 1. The fourth-order valence-corrected chi connectivity index (χ4v) is 3.30. The minimum absolute atomic E-state index is 0.137. The second-order valence-corrected chi connectivity index (χ2v) is 7.73. The lowest BCUT2D eigenvalue weighted by Gasteiger charge is -2.12. The normalized spacial score (nSPS) is 10.7. The number of anilines is 2. The Morgan fingerprint density at radius 1 is 0.969 bits per heavy atom. The van der Waals surface area contributed by atoms with Gasteiger partial charge in [-0.3, -0.25) is 9.20 Å². The number of hydrogen-bond acceptors (Lipinski definition) is 4. The van der Waals surface area contributed by atoms with Crippen molar-refractivity contribution in [1.29, 1.82) is 0 Å². The van der Waals surface area contributed by atoms with Crippen molar-refractivity contribution in [2.24, 2.45) is 0 Å². The fourth-order valence-electron chi connectivity index (χ4n) is 3.30. The first-order chi connectivity index (χ1) is 15.4. The van der Waals surface area contributed by atoms with Crippen molar-refractivity contribution in [2.45, 2.75) is 27.4 Å². The van der Waals surface area contributed by atoms with Gasteiger partial charge in [-0.15, -0.1) is 0 Å². The molecule has 0 saturated heterocycles. The SMILES string of the molecule is Cc1ccc(C)c(NC(=O)Nc2cccc(OCc3cc(=O)n4ccc(C)cc4n3)c2)c1. The lowest BCUT2D eigenvalue weighted by atomic mass is 10.1. The molecule has 162 valence electrons. The Labute approximate surface area is 185 Å². The zero-order valence-electron chi connectivity index (χ0n) is 18.2. The van der Waals surface area contributed by atoms with Crippen LogP contribution in [0, 0.1) is 20.8 Å². The summed E-state index contributed by atoms with van der Waals surface area (Å²) in [5.74, 6) is 0.556. The minimum atomic E-state index is -0.338. The molecule has 0 spiro atoms. The maximum atomic E-state index is 12.4. The molecule has 0 atom stereocenters. The fraction of sp³-hybridized carbons (Fsp3) is 0.160. The van der Waals surface area contributed by atoms with Gasteiger partial charge in [-0.25, -0.2) is 9.78 Å². The number of nitrogens with zero attached hydrogens (tertiary/aromatic N) is 2. The van der Waals surface area contributed by atoms with Crippen molar-refractivity contribution in [3.63, 3.8) is 0 Å². The van der Waals surface area contributed by atoms with Crippen LogP contribution in [0.25, 0.3) is 5.65 Å². The number of pyridine rings is 1. The van der Waals surface area contributed by atoms with Crippen LogP contribution in [-0.4, -0.2) is 15.4 Å². The molecule has 0 radical (unpaired) electrons. The summed E-state index contributed by atoms with van der Waals surface area (Å²) in [5.41, 5.74) is 5.38. The number of carbonyl (C=O) groups is 1. The topological polar surface area (TPSA) is 84.7 Å². The molecule has 0 bridgehead atoms. The molecule has 7 heteroatoms. The average Bonchev–Trinajstić information content (AvgIpc) is 2.75. The molecular weight excluding hydrogens is 404 g/mol. The van der Waals surface area contributed by atoms with Gasteiger partial charge in [0, 0.05) is 29.7 Å². The highest BCUT2D eigenvalue weighted by Crippen LogP contribution is 2.20. The van der Waals surface area contributed by atoms with Gasteiger partial charge in [0.1, 0.15) is 18.0 Å². The minimum Gasteiger partial charge on any atom is -0.487 e. The lowest BCUT2D eigenvalue weighted by Crippen LogP contribution is -2.20. The molecule has 2 N–H and O–H groups in total. The molecule has 0 aliphatic heterocycles. The first kappa shape index (κ1) is 21.1. The second-order valence-electron chi connectivity index (χ2n) is 7.73. The van der Waals surface area contributed by atoms with E-state index in [1.54, 1.807) is 30.5 Å². The van der Waals surface area contributed by atoms with E-state index in [0.29, 0.717) is 22.8 Å². The monoisotopic (exact) mass is 428 g/mol. The number of aryl methyl sites for hydroxylation is 3.